The Balaban J connectivity index is 1.98. The second-order valence-electron chi connectivity index (χ2n) is 3.50. The molecule has 88 valence electrons. The third kappa shape index (κ3) is 3.01. The maximum Gasteiger partial charge on any atom is 0.253 e. The normalized spacial score (nSPS) is 10.2. The Bertz CT molecular complexity index is 539. The summed E-state index contributed by atoms with van der Waals surface area (Å²) in [7, 11) is 0. The average molecular weight is 249 g/mol. The van der Waals surface area contributed by atoms with Gasteiger partial charge in [-0.3, -0.25) is 9.78 Å². The van der Waals surface area contributed by atoms with Gasteiger partial charge in [-0.15, -0.1) is 11.3 Å². The molecule has 0 aromatic carbocycles. The zero-order valence-corrected chi connectivity index (χ0v) is 9.99. The fraction of sp³-hybridized carbons (Fsp3) is 0.182. The minimum Gasteiger partial charge on any atom is -0.506 e. The van der Waals surface area contributed by atoms with Crippen molar-refractivity contribution in [3.8, 4) is 5.75 Å². The number of nitrogens with one attached hydrogen (secondary N) is 1. The van der Waals surface area contributed by atoms with Gasteiger partial charge in [0.1, 0.15) is 10.8 Å². The molecular weight excluding hydrogens is 238 g/mol. The molecule has 2 N–H and O–H groups in total. The second kappa shape index (κ2) is 4.92. The largest absolute Gasteiger partial charge is 0.506 e. The quantitative estimate of drug-likeness (QED) is 0.864. The van der Waals surface area contributed by atoms with Crippen molar-refractivity contribution in [2.24, 2.45) is 0 Å². The summed E-state index contributed by atoms with van der Waals surface area (Å²) in [5.41, 5.74) is 1.27. The van der Waals surface area contributed by atoms with E-state index in [0.29, 0.717) is 12.1 Å². The number of nitrogens with zero attached hydrogens (tertiary/aromatic N) is 2. The van der Waals surface area contributed by atoms with E-state index in [9.17, 15) is 9.90 Å². The number of amides is 1. The van der Waals surface area contributed by atoms with Gasteiger partial charge in [0.05, 0.1) is 18.3 Å². The van der Waals surface area contributed by atoms with Crippen LogP contribution in [0.4, 0.5) is 0 Å². The molecule has 0 saturated heterocycles. The first-order valence-electron chi connectivity index (χ1n) is 4.98. The molecule has 0 radical (unpaired) electrons. The van der Waals surface area contributed by atoms with Crippen molar-refractivity contribution in [1.82, 2.24) is 15.3 Å². The number of hydrogen-bond acceptors (Lipinski definition) is 5. The predicted octanol–water partition coefficient (Wildman–Crippen LogP) is 1.48. The molecule has 1 amide bonds. The number of aryl methyl sites for hydroxylation is 1. The van der Waals surface area contributed by atoms with E-state index in [4.69, 9.17) is 0 Å². The molecule has 0 aliphatic carbocycles. The van der Waals surface area contributed by atoms with Gasteiger partial charge in [-0.25, -0.2) is 4.98 Å². The van der Waals surface area contributed by atoms with Crippen LogP contribution in [0.15, 0.2) is 23.8 Å². The molecule has 2 rings (SSSR count). The molecule has 2 aromatic rings. The molecule has 0 bridgehead atoms. The van der Waals surface area contributed by atoms with E-state index in [1.807, 2.05) is 12.3 Å². The van der Waals surface area contributed by atoms with Crippen molar-refractivity contribution in [1.29, 1.82) is 0 Å². The van der Waals surface area contributed by atoms with Crippen LogP contribution in [0, 0.1) is 6.92 Å². The molecule has 2 heterocycles. The Morgan fingerprint density at radius 2 is 2.35 bits per heavy atom. The zero-order valence-electron chi connectivity index (χ0n) is 9.17. The van der Waals surface area contributed by atoms with Crippen LogP contribution >= 0.6 is 11.3 Å². The first-order valence-corrected chi connectivity index (χ1v) is 5.86. The molecule has 0 atom stereocenters. The summed E-state index contributed by atoms with van der Waals surface area (Å²) in [5, 5.41) is 14.7. The highest BCUT2D eigenvalue weighted by Gasteiger charge is 2.07. The minimum absolute atomic E-state index is 0.0252. The van der Waals surface area contributed by atoms with Gasteiger partial charge in [-0.1, -0.05) is 0 Å². The van der Waals surface area contributed by atoms with Crippen LogP contribution in [0.1, 0.15) is 21.1 Å². The summed E-state index contributed by atoms with van der Waals surface area (Å²) >= 11 is 1.50. The molecule has 0 spiro atoms. The van der Waals surface area contributed by atoms with Crippen LogP contribution in [0.5, 0.6) is 5.75 Å². The maximum atomic E-state index is 11.7. The molecule has 0 aliphatic rings. The van der Waals surface area contributed by atoms with Gasteiger partial charge in [0, 0.05) is 17.3 Å². The topological polar surface area (TPSA) is 75.1 Å². The number of hydrogen-bond donors (Lipinski definition) is 2. The smallest absolute Gasteiger partial charge is 0.253 e. The van der Waals surface area contributed by atoms with Gasteiger partial charge in [-0.2, -0.15) is 0 Å². The fourth-order valence-electron chi connectivity index (χ4n) is 1.29. The van der Waals surface area contributed by atoms with Crippen molar-refractivity contribution < 1.29 is 9.90 Å². The van der Waals surface area contributed by atoms with Crippen molar-refractivity contribution >= 4 is 17.2 Å². The van der Waals surface area contributed by atoms with Gasteiger partial charge in [0.15, 0.2) is 0 Å². The molecule has 5 nitrogen and oxygen atoms in total. The van der Waals surface area contributed by atoms with E-state index in [1.165, 1.54) is 29.8 Å². The number of carbonyl (C=O) groups excluding carboxylic acids is 1. The van der Waals surface area contributed by atoms with Crippen LogP contribution < -0.4 is 5.32 Å². The fourth-order valence-corrected chi connectivity index (χ4v) is 2.01. The third-order valence-electron chi connectivity index (χ3n) is 2.05. The minimum atomic E-state index is -0.277. The van der Waals surface area contributed by atoms with Gasteiger partial charge in [0.2, 0.25) is 0 Å². The Morgan fingerprint density at radius 3 is 3.00 bits per heavy atom. The van der Waals surface area contributed by atoms with E-state index >= 15 is 0 Å². The molecule has 0 unspecified atom stereocenters. The van der Waals surface area contributed by atoms with Crippen LogP contribution in [0.25, 0.3) is 0 Å². The Morgan fingerprint density at radius 1 is 1.53 bits per heavy atom. The maximum absolute atomic E-state index is 11.7. The summed E-state index contributed by atoms with van der Waals surface area (Å²) in [6.45, 7) is 2.29. The molecule has 17 heavy (non-hydrogen) atoms. The molecular formula is C11H11N3O2S. The number of rotatable bonds is 3. The van der Waals surface area contributed by atoms with E-state index < -0.39 is 0 Å². The third-order valence-corrected chi connectivity index (χ3v) is 3.02. The summed E-state index contributed by atoms with van der Waals surface area (Å²) in [4.78, 5) is 19.7. The molecule has 6 heteroatoms. The number of aromatic hydroxyl groups is 1. The summed E-state index contributed by atoms with van der Waals surface area (Å²) in [6, 6.07) is 1.37. The monoisotopic (exact) mass is 249 g/mol. The first kappa shape index (κ1) is 11.5. The molecule has 0 fully saturated rings. The summed E-state index contributed by atoms with van der Waals surface area (Å²) in [5.74, 6) is -0.302. The number of carbonyl (C=O) groups is 1. The lowest BCUT2D eigenvalue weighted by Gasteiger charge is -2.02. The summed E-state index contributed by atoms with van der Waals surface area (Å²) in [6.07, 6.45) is 2.68. The van der Waals surface area contributed by atoms with Crippen LogP contribution in [-0.2, 0) is 6.54 Å². The molecule has 0 saturated carbocycles. The van der Waals surface area contributed by atoms with Gasteiger partial charge < -0.3 is 10.4 Å². The van der Waals surface area contributed by atoms with Crippen molar-refractivity contribution in [3.63, 3.8) is 0 Å². The van der Waals surface area contributed by atoms with Gasteiger partial charge in [-0.05, 0) is 13.0 Å². The number of thiazole rings is 1. The van der Waals surface area contributed by atoms with E-state index in [2.05, 4.69) is 15.3 Å². The van der Waals surface area contributed by atoms with Crippen LogP contribution in [-0.4, -0.2) is 21.0 Å². The molecule has 0 aliphatic heterocycles. The Hall–Kier alpha value is -1.95. The van der Waals surface area contributed by atoms with Gasteiger partial charge in [0.25, 0.3) is 5.91 Å². The highest BCUT2D eigenvalue weighted by Crippen LogP contribution is 2.10. The highest BCUT2D eigenvalue weighted by atomic mass is 32.1. The Labute approximate surface area is 102 Å². The lowest BCUT2D eigenvalue weighted by Crippen LogP contribution is -2.22. The predicted molar refractivity (Wildman–Crippen MR) is 63.9 cm³/mol. The van der Waals surface area contributed by atoms with Crippen molar-refractivity contribution in [2.75, 3.05) is 0 Å². The lowest BCUT2D eigenvalue weighted by molar-refractivity contribution is 0.0950. The lowest BCUT2D eigenvalue weighted by atomic mass is 10.2. The van der Waals surface area contributed by atoms with Crippen molar-refractivity contribution in [3.05, 3.63) is 40.1 Å². The van der Waals surface area contributed by atoms with E-state index in [1.54, 1.807) is 0 Å². The number of aromatic nitrogens is 2. The Kier molecular flexibility index (Phi) is 3.34. The SMILES string of the molecule is Cc1csc(CNC(=O)c2cncc(O)c2)n1. The standard InChI is InChI=1S/C11H11N3O2S/c1-7-6-17-10(14-7)5-13-11(16)8-2-9(15)4-12-3-8/h2-4,6,15H,5H2,1H3,(H,13,16). The number of pyridine rings is 1. The second-order valence-corrected chi connectivity index (χ2v) is 4.44. The highest BCUT2D eigenvalue weighted by molar-refractivity contribution is 7.09. The first-order chi connectivity index (χ1) is 8.15. The summed E-state index contributed by atoms with van der Waals surface area (Å²) < 4.78 is 0. The van der Waals surface area contributed by atoms with Crippen LogP contribution in [0.3, 0.4) is 0 Å². The van der Waals surface area contributed by atoms with E-state index in [0.717, 1.165) is 10.7 Å². The van der Waals surface area contributed by atoms with E-state index in [-0.39, 0.29) is 11.7 Å². The molecule has 2 aromatic heterocycles. The van der Waals surface area contributed by atoms with Crippen LogP contribution in [0.2, 0.25) is 0 Å². The van der Waals surface area contributed by atoms with Crippen molar-refractivity contribution in [2.45, 2.75) is 13.5 Å². The average Bonchev–Trinajstić information content (AvgIpc) is 2.72. The van der Waals surface area contributed by atoms with Gasteiger partial charge >= 0.3 is 0 Å². The zero-order chi connectivity index (χ0) is 12.3.